The summed E-state index contributed by atoms with van der Waals surface area (Å²) in [6.07, 6.45) is 2.07. The van der Waals surface area contributed by atoms with Crippen molar-refractivity contribution in [2.45, 2.75) is 55.6 Å². The van der Waals surface area contributed by atoms with Crippen LogP contribution in [0.1, 0.15) is 19.1 Å². The van der Waals surface area contributed by atoms with Gasteiger partial charge in [-0.05, 0) is 18.8 Å². The zero-order valence-electron chi connectivity index (χ0n) is 14.4. The minimum atomic E-state index is -1.18. The summed E-state index contributed by atoms with van der Waals surface area (Å²) in [5, 5.41) is 33.1. The van der Waals surface area contributed by atoms with Crippen molar-refractivity contribution < 1.29 is 24.8 Å². The van der Waals surface area contributed by atoms with Crippen molar-refractivity contribution in [3.05, 3.63) is 12.7 Å². The standard InChI is InChI=1S/C17H21N5O5/c23-3-9-11(24)12(25)17(26-9)22-5-20-10-15(18-4-19-16(10)22)21-8-2-6-1-7(8)14-13(6)27-14/h4-9,11-14,17,23-25H,1-3H2,(H,18,19,21)/t6?,7?,8-,9+,11-,12-,13+,14-,17+/m0/s1. The van der Waals surface area contributed by atoms with E-state index in [9.17, 15) is 15.3 Å². The number of fused-ring (bicyclic) bond motifs is 6. The smallest absolute Gasteiger partial charge is 0.167 e. The Morgan fingerprint density at radius 3 is 2.74 bits per heavy atom. The molecule has 2 unspecified atom stereocenters. The molecule has 144 valence electrons. The summed E-state index contributed by atoms with van der Waals surface area (Å²) in [6, 6.07) is 0.316. The molecule has 27 heavy (non-hydrogen) atoms. The summed E-state index contributed by atoms with van der Waals surface area (Å²) in [7, 11) is 0. The molecule has 4 heterocycles. The Kier molecular flexibility index (Phi) is 3.34. The highest BCUT2D eigenvalue weighted by Gasteiger charge is 2.63. The number of aromatic nitrogens is 4. The molecule has 0 aromatic carbocycles. The Morgan fingerprint density at radius 2 is 2.00 bits per heavy atom. The van der Waals surface area contributed by atoms with E-state index in [1.807, 2.05) is 0 Å². The highest BCUT2D eigenvalue weighted by atomic mass is 16.6. The summed E-state index contributed by atoms with van der Waals surface area (Å²) in [6.45, 7) is -0.377. The summed E-state index contributed by atoms with van der Waals surface area (Å²) in [4.78, 5) is 13.1. The number of ether oxygens (including phenoxy) is 2. The van der Waals surface area contributed by atoms with E-state index in [1.165, 1.54) is 19.1 Å². The van der Waals surface area contributed by atoms with E-state index in [0.29, 0.717) is 47.1 Å². The fraction of sp³-hybridized carbons (Fsp3) is 0.706. The minimum Gasteiger partial charge on any atom is -0.394 e. The first-order chi connectivity index (χ1) is 13.2. The maximum absolute atomic E-state index is 10.3. The van der Waals surface area contributed by atoms with E-state index in [0.717, 1.165) is 6.42 Å². The van der Waals surface area contributed by atoms with Crippen LogP contribution in [0.4, 0.5) is 5.82 Å². The lowest BCUT2D eigenvalue weighted by atomic mass is 9.95. The topological polar surface area (TPSA) is 138 Å². The van der Waals surface area contributed by atoms with Crippen LogP contribution in [0, 0.1) is 11.8 Å². The van der Waals surface area contributed by atoms with Gasteiger partial charge < -0.3 is 30.1 Å². The summed E-state index contributed by atoms with van der Waals surface area (Å²) < 4.78 is 12.9. The van der Waals surface area contributed by atoms with E-state index in [2.05, 4.69) is 20.3 Å². The van der Waals surface area contributed by atoms with Crippen LogP contribution in [-0.4, -0.2) is 78.0 Å². The normalized spacial score (nSPS) is 44.8. The number of anilines is 1. The van der Waals surface area contributed by atoms with Gasteiger partial charge in [0.05, 0.1) is 25.1 Å². The first kappa shape index (κ1) is 16.1. The molecule has 2 aliphatic carbocycles. The number of aliphatic hydroxyl groups is 3. The fourth-order valence-electron chi connectivity index (χ4n) is 5.20. The van der Waals surface area contributed by atoms with Gasteiger partial charge in [0.1, 0.15) is 24.6 Å². The predicted molar refractivity (Wildman–Crippen MR) is 90.6 cm³/mol. The van der Waals surface area contributed by atoms with Crippen LogP contribution in [0.2, 0.25) is 0 Å². The lowest BCUT2D eigenvalue weighted by Crippen LogP contribution is -2.33. The largest absolute Gasteiger partial charge is 0.394 e. The highest BCUT2D eigenvalue weighted by molar-refractivity contribution is 5.83. The molecule has 10 nitrogen and oxygen atoms in total. The summed E-state index contributed by atoms with van der Waals surface area (Å²) in [5.74, 6) is 1.82. The Balaban J connectivity index is 1.30. The number of epoxide rings is 1. The van der Waals surface area contributed by atoms with Gasteiger partial charge >= 0.3 is 0 Å². The molecule has 4 N–H and O–H groups in total. The quantitative estimate of drug-likeness (QED) is 0.497. The van der Waals surface area contributed by atoms with Crippen molar-refractivity contribution in [3.8, 4) is 0 Å². The van der Waals surface area contributed by atoms with Crippen molar-refractivity contribution >= 4 is 17.0 Å². The van der Waals surface area contributed by atoms with E-state index in [4.69, 9.17) is 9.47 Å². The molecule has 4 fully saturated rings. The molecule has 2 aromatic rings. The first-order valence-corrected chi connectivity index (χ1v) is 9.37. The molecule has 2 aliphatic heterocycles. The number of rotatable bonds is 4. The lowest BCUT2D eigenvalue weighted by Gasteiger charge is -2.21. The van der Waals surface area contributed by atoms with Gasteiger partial charge in [-0.3, -0.25) is 4.57 Å². The Hall–Kier alpha value is -1.85. The third-order valence-corrected chi connectivity index (χ3v) is 6.57. The molecule has 2 aromatic heterocycles. The Labute approximate surface area is 154 Å². The maximum atomic E-state index is 10.3. The van der Waals surface area contributed by atoms with Crippen LogP contribution < -0.4 is 5.32 Å². The van der Waals surface area contributed by atoms with Gasteiger partial charge in [-0.15, -0.1) is 0 Å². The van der Waals surface area contributed by atoms with E-state index < -0.39 is 24.5 Å². The lowest BCUT2D eigenvalue weighted by molar-refractivity contribution is -0.0511. The molecule has 0 spiro atoms. The van der Waals surface area contributed by atoms with E-state index >= 15 is 0 Å². The van der Waals surface area contributed by atoms with Gasteiger partial charge in [0, 0.05) is 12.0 Å². The first-order valence-electron chi connectivity index (χ1n) is 9.37. The van der Waals surface area contributed by atoms with Crippen LogP contribution in [0.25, 0.3) is 11.2 Å². The Bertz CT molecular complexity index is 892. The summed E-state index contributed by atoms with van der Waals surface area (Å²) >= 11 is 0. The number of hydrogen-bond acceptors (Lipinski definition) is 9. The van der Waals surface area contributed by atoms with Crippen LogP contribution in [0.5, 0.6) is 0 Å². The number of hydrogen-bond donors (Lipinski definition) is 4. The molecule has 0 radical (unpaired) electrons. The van der Waals surface area contributed by atoms with Crippen molar-refractivity contribution in [3.63, 3.8) is 0 Å². The van der Waals surface area contributed by atoms with Crippen LogP contribution in [0.15, 0.2) is 12.7 Å². The fourth-order valence-corrected chi connectivity index (χ4v) is 5.20. The molecule has 6 rings (SSSR count). The molecule has 2 saturated heterocycles. The van der Waals surface area contributed by atoms with Gasteiger partial charge in [-0.25, -0.2) is 15.0 Å². The molecule has 4 aliphatic rings. The average Bonchev–Trinajstić information content (AvgIpc) is 2.95. The van der Waals surface area contributed by atoms with Gasteiger partial charge in [0.2, 0.25) is 0 Å². The van der Waals surface area contributed by atoms with Crippen LogP contribution >= 0.6 is 0 Å². The second-order valence-electron chi connectivity index (χ2n) is 7.99. The average molecular weight is 375 g/mol. The van der Waals surface area contributed by atoms with E-state index in [1.54, 1.807) is 4.57 Å². The third-order valence-electron chi connectivity index (χ3n) is 6.57. The van der Waals surface area contributed by atoms with Crippen LogP contribution in [0.3, 0.4) is 0 Å². The number of nitrogens with one attached hydrogen (secondary N) is 1. The second kappa shape index (κ2) is 5.58. The number of aliphatic hydroxyl groups excluding tert-OH is 3. The SMILES string of the molecule is OC[C@H]1O[C@@H](n2cnc3c(N[C@H]4CC5CC4[C@@H]4O[C@H]54)ncnc32)[C@@H](O)[C@H]1O. The van der Waals surface area contributed by atoms with Crippen molar-refractivity contribution in [2.75, 3.05) is 11.9 Å². The zero-order valence-corrected chi connectivity index (χ0v) is 14.4. The molecule has 10 heteroatoms. The second-order valence-corrected chi connectivity index (χ2v) is 7.99. The number of nitrogens with zero attached hydrogens (tertiary/aromatic N) is 4. The van der Waals surface area contributed by atoms with Gasteiger partial charge in [-0.2, -0.15) is 0 Å². The monoisotopic (exact) mass is 375 g/mol. The molecule has 0 amide bonds. The third kappa shape index (κ3) is 2.21. The summed E-state index contributed by atoms with van der Waals surface area (Å²) in [5.41, 5.74) is 1.09. The number of imidazole rings is 1. The molecular formula is C17H21N5O5. The molecule has 2 bridgehead atoms. The van der Waals surface area contributed by atoms with E-state index in [-0.39, 0.29) is 6.61 Å². The van der Waals surface area contributed by atoms with Crippen molar-refractivity contribution in [1.82, 2.24) is 19.5 Å². The highest BCUT2D eigenvalue weighted by Crippen LogP contribution is 2.56. The molecule has 9 atom stereocenters. The van der Waals surface area contributed by atoms with Gasteiger partial charge in [0.25, 0.3) is 0 Å². The van der Waals surface area contributed by atoms with Crippen LogP contribution in [-0.2, 0) is 9.47 Å². The van der Waals surface area contributed by atoms with Crippen molar-refractivity contribution in [2.24, 2.45) is 11.8 Å². The minimum absolute atomic E-state index is 0.316. The van der Waals surface area contributed by atoms with Gasteiger partial charge in [0.15, 0.2) is 23.2 Å². The maximum Gasteiger partial charge on any atom is 0.167 e. The zero-order chi connectivity index (χ0) is 18.3. The molecular weight excluding hydrogens is 354 g/mol. The van der Waals surface area contributed by atoms with Gasteiger partial charge in [-0.1, -0.05) is 0 Å². The van der Waals surface area contributed by atoms with Crippen molar-refractivity contribution in [1.29, 1.82) is 0 Å². The Morgan fingerprint density at radius 1 is 1.11 bits per heavy atom. The predicted octanol–water partition coefficient (Wildman–Crippen LogP) is -0.974. The molecule has 2 saturated carbocycles.